The Bertz CT molecular complexity index is 1090. The van der Waals surface area contributed by atoms with Gasteiger partial charge in [0.2, 0.25) is 0 Å². The van der Waals surface area contributed by atoms with Crippen molar-refractivity contribution < 1.29 is 9.59 Å². The number of hydrogen-bond acceptors (Lipinski definition) is 4. The first-order chi connectivity index (χ1) is 13.6. The van der Waals surface area contributed by atoms with Gasteiger partial charge in [-0.05, 0) is 63.3 Å². The zero-order valence-corrected chi connectivity index (χ0v) is 18.5. The van der Waals surface area contributed by atoms with Gasteiger partial charge < -0.3 is 10.6 Å². The molecule has 0 fully saturated rings. The van der Waals surface area contributed by atoms with E-state index < -0.39 is 0 Å². The van der Waals surface area contributed by atoms with Gasteiger partial charge in [0.15, 0.2) is 5.11 Å². The van der Waals surface area contributed by atoms with E-state index in [0.29, 0.717) is 21.2 Å². The number of carbonyl (C=O) groups is 2. The molecule has 1 aromatic heterocycles. The molecule has 150 valence electrons. The zero-order valence-electron chi connectivity index (χ0n) is 16.1. The molecule has 3 aromatic rings. The second kappa shape index (κ2) is 8.49. The van der Waals surface area contributed by atoms with Crippen molar-refractivity contribution >= 4 is 67.9 Å². The number of thiocarbonyl (C=S) groups is 1. The summed E-state index contributed by atoms with van der Waals surface area (Å²) in [6.07, 6.45) is 0. The highest BCUT2D eigenvalue weighted by molar-refractivity contribution is 7.80. The summed E-state index contributed by atoms with van der Waals surface area (Å²) in [6, 6.07) is 14.4. The molecule has 2 amide bonds. The molecule has 1 heterocycles. The molecule has 0 aliphatic carbocycles. The van der Waals surface area contributed by atoms with E-state index in [1.54, 1.807) is 24.3 Å². The number of amides is 2. The normalized spacial score (nSPS) is 11.2. The molecule has 0 saturated carbocycles. The van der Waals surface area contributed by atoms with Crippen LogP contribution < -0.4 is 16.0 Å². The highest BCUT2D eigenvalue weighted by atomic mass is 35.5. The fraction of sp³-hybridized carbons (Fsp3) is 0.190. The van der Waals surface area contributed by atoms with Gasteiger partial charge >= 0.3 is 0 Å². The van der Waals surface area contributed by atoms with Gasteiger partial charge in [0.1, 0.15) is 4.88 Å². The maximum Gasteiger partial charge on any atom is 0.269 e. The highest BCUT2D eigenvalue weighted by Gasteiger charge is 2.18. The van der Waals surface area contributed by atoms with E-state index in [0.717, 1.165) is 10.1 Å². The predicted molar refractivity (Wildman–Crippen MR) is 124 cm³/mol. The maximum atomic E-state index is 12.5. The zero-order chi connectivity index (χ0) is 21.2. The van der Waals surface area contributed by atoms with Crippen LogP contribution in [0.3, 0.4) is 0 Å². The van der Waals surface area contributed by atoms with Crippen LogP contribution in [-0.4, -0.2) is 22.5 Å². The summed E-state index contributed by atoms with van der Waals surface area (Å²) in [4.78, 5) is 25.1. The number of halogens is 1. The van der Waals surface area contributed by atoms with Gasteiger partial charge in [0.05, 0.1) is 5.02 Å². The van der Waals surface area contributed by atoms with Crippen molar-refractivity contribution in [2.45, 2.75) is 26.3 Å². The highest BCUT2D eigenvalue weighted by Crippen LogP contribution is 2.34. The minimum Gasteiger partial charge on any atom is -0.347 e. The first-order valence-electron chi connectivity index (χ1n) is 8.86. The van der Waals surface area contributed by atoms with E-state index in [4.69, 9.17) is 23.8 Å². The Morgan fingerprint density at radius 2 is 1.66 bits per heavy atom. The lowest BCUT2D eigenvalue weighted by atomic mass is 10.1. The Morgan fingerprint density at radius 3 is 2.28 bits per heavy atom. The number of carbonyl (C=O) groups excluding carboxylic acids is 2. The van der Waals surface area contributed by atoms with Crippen molar-refractivity contribution in [2.24, 2.45) is 0 Å². The molecule has 0 spiro atoms. The van der Waals surface area contributed by atoms with E-state index in [2.05, 4.69) is 16.0 Å². The molecular weight excluding hydrogens is 426 g/mol. The summed E-state index contributed by atoms with van der Waals surface area (Å²) in [5.74, 6) is -0.519. The maximum absolute atomic E-state index is 12.5. The summed E-state index contributed by atoms with van der Waals surface area (Å²) in [7, 11) is 0. The molecule has 8 heteroatoms. The molecular formula is C21H20ClN3O2S2. The smallest absolute Gasteiger partial charge is 0.269 e. The van der Waals surface area contributed by atoms with Crippen LogP contribution in [0.4, 0.5) is 5.69 Å². The fourth-order valence-corrected chi connectivity index (χ4v) is 4.22. The van der Waals surface area contributed by atoms with Gasteiger partial charge in [0, 0.05) is 26.9 Å². The molecule has 0 radical (unpaired) electrons. The van der Waals surface area contributed by atoms with Crippen LogP contribution >= 0.6 is 35.2 Å². The van der Waals surface area contributed by atoms with Crippen molar-refractivity contribution in [3.05, 3.63) is 64.0 Å². The minimum atomic E-state index is -0.366. The second-order valence-corrected chi connectivity index (χ2v) is 9.27. The number of hydrogen-bond donors (Lipinski definition) is 3. The van der Waals surface area contributed by atoms with E-state index in [1.165, 1.54) is 11.3 Å². The van der Waals surface area contributed by atoms with Crippen molar-refractivity contribution in [1.82, 2.24) is 10.6 Å². The van der Waals surface area contributed by atoms with Gasteiger partial charge in [0.25, 0.3) is 11.8 Å². The summed E-state index contributed by atoms with van der Waals surface area (Å²) < 4.78 is 0.936. The van der Waals surface area contributed by atoms with Crippen molar-refractivity contribution in [2.75, 3.05) is 5.32 Å². The van der Waals surface area contributed by atoms with Gasteiger partial charge in [-0.3, -0.25) is 14.9 Å². The topological polar surface area (TPSA) is 70.2 Å². The largest absolute Gasteiger partial charge is 0.347 e. The lowest BCUT2D eigenvalue weighted by molar-refractivity contribution is 0.0918. The quantitative estimate of drug-likeness (QED) is 0.484. The van der Waals surface area contributed by atoms with E-state index in [-0.39, 0.29) is 22.5 Å². The van der Waals surface area contributed by atoms with Crippen molar-refractivity contribution in [3.8, 4) is 0 Å². The molecule has 0 unspecified atom stereocenters. The molecule has 2 aromatic carbocycles. The van der Waals surface area contributed by atoms with Crippen LogP contribution in [0, 0.1) is 0 Å². The molecule has 0 saturated heterocycles. The lowest BCUT2D eigenvalue weighted by Gasteiger charge is -2.20. The molecule has 0 aliphatic rings. The van der Waals surface area contributed by atoms with Crippen molar-refractivity contribution in [3.63, 3.8) is 0 Å². The molecule has 3 N–H and O–H groups in total. The third-order valence-electron chi connectivity index (χ3n) is 3.86. The summed E-state index contributed by atoms with van der Waals surface area (Å²) in [5, 5.41) is 9.89. The van der Waals surface area contributed by atoms with Crippen LogP contribution in [0.5, 0.6) is 0 Å². The summed E-state index contributed by atoms with van der Waals surface area (Å²) in [5.41, 5.74) is 0.885. The van der Waals surface area contributed by atoms with Gasteiger partial charge in [-0.2, -0.15) is 0 Å². The monoisotopic (exact) mass is 445 g/mol. The third kappa shape index (κ3) is 5.32. The standard InChI is InChI=1S/C21H20ClN3O2S2/c1-21(2,3)25-18(26)12-8-10-13(11-9-12)23-20(28)24-19(27)17-16(22)14-6-4-5-7-15(14)29-17/h4-11H,1-3H3,(H,25,26)(H2,23,24,27,28). The molecule has 5 nitrogen and oxygen atoms in total. The first-order valence-corrected chi connectivity index (χ1v) is 10.5. The van der Waals surface area contributed by atoms with Crippen LogP contribution in [0.2, 0.25) is 5.02 Å². The average molecular weight is 446 g/mol. The number of nitrogens with one attached hydrogen (secondary N) is 3. The molecule has 3 rings (SSSR count). The third-order valence-corrected chi connectivity index (χ3v) is 5.74. The first kappa shape index (κ1) is 21.2. The molecule has 0 aliphatic heterocycles. The number of fused-ring (bicyclic) bond motifs is 1. The van der Waals surface area contributed by atoms with Crippen LogP contribution in [0.15, 0.2) is 48.5 Å². The fourth-order valence-electron chi connectivity index (χ4n) is 2.60. The Kier molecular flexibility index (Phi) is 6.21. The molecule has 29 heavy (non-hydrogen) atoms. The Balaban J connectivity index is 1.63. The molecule has 0 bridgehead atoms. The minimum absolute atomic E-state index is 0.149. The Labute approximate surface area is 183 Å². The van der Waals surface area contributed by atoms with Gasteiger partial charge in [-0.25, -0.2) is 0 Å². The van der Waals surface area contributed by atoms with Crippen LogP contribution in [-0.2, 0) is 0 Å². The Morgan fingerprint density at radius 1 is 1.00 bits per heavy atom. The van der Waals surface area contributed by atoms with Crippen LogP contribution in [0.25, 0.3) is 10.1 Å². The van der Waals surface area contributed by atoms with E-state index in [9.17, 15) is 9.59 Å². The summed E-state index contributed by atoms with van der Waals surface area (Å²) in [6.45, 7) is 5.76. The lowest BCUT2D eigenvalue weighted by Crippen LogP contribution is -2.40. The van der Waals surface area contributed by atoms with Gasteiger partial charge in [-0.1, -0.05) is 29.8 Å². The van der Waals surface area contributed by atoms with Gasteiger partial charge in [-0.15, -0.1) is 11.3 Å². The number of benzene rings is 2. The van der Waals surface area contributed by atoms with Crippen molar-refractivity contribution in [1.29, 1.82) is 0 Å². The Hall–Kier alpha value is -2.48. The average Bonchev–Trinajstić information content (AvgIpc) is 2.98. The summed E-state index contributed by atoms with van der Waals surface area (Å²) >= 11 is 12.9. The number of rotatable bonds is 3. The molecule has 0 atom stereocenters. The second-order valence-electron chi connectivity index (χ2n) is 7.43. The van der Waals surface area contributed by atoms with E-state index in [1.807, 2.05) is 45.0 Å². The number of thiophene rings is 1. The predicted octanol–water partition coefficient (Wildman–Crippen LogP) is 5.21. The van der Waals surface area contributed by atoms with Crippen LogP contribution in [0.1, 0.15) is 40.8 Å². The SMILES string of the molecule is CC(C)(C)NC(=O)c1ccc(NC(=S)NC(=O)c2sc3ccccc3c2Cl)cc1. The number of anilines is 1. The van der Waals surface area contributed by atoms with E-state index >= 15 is 0 Å².